The Balaban J connectivity index is 0.000000172. The molecule has 3 fully saturated rings. The molecule has 0 unspecified atom stereocenters. The number of aliphatic imine (C=N–C) groups is 1. The third-order valence-corrected chi connectivity index (χ3v) is 12.3. The van der Waals surface area contributed by atoms with E-state index in [1.165, 1.54) is 50.3 Å². The van der Waals surface area contributed by atoms with Gasteiger partial charge in [-0.05, 0) is 83.1 Å². The Morgan fingerprint density at radius 2 is 1.18 bits per heavy atom. The average Bonchev–Trinajstić information content (AvgIpc) is 4.15. The molecule has 1 saturated carbocycles. The quantitative estimate of drug-likeness (QED) is 0.139. The number of allylic oxidation sites excluding steroid dienone is 13. The summed E-state index contributed by atoms with van der Waals surface area (Å²) in [5.74, 6) is 0.764. The number of amides is 3. The standard InChI is InChI=1S/2C11H12O.C9H7N3O.C9H10N2O.C6H7NOS.C5H5NO/c1-6-4-9-5-7(2)11(12)10(9)8(6)3;1-6-4-7(2)10-9(6)5-8(3)11(10)12;1-6-3-8(7(4-10)5-11)12(2)9(6)13;1-5-4-8-10-6(2)7(3)11(8)9(5)12;1-4-3-5(9)7(2)6(4)8;1-4-2-3-6-5(4)7/h2,4-5H2,1,3H3;3-5H2,1-2H3;1,3H2,2H3;1,4H2,2-3H3;1,3H2,2H3;3H,1-2H2. The van der Waals surface area contributed by atoms with Gasteiger partial charge in [-0.2, -0.15) is 10.5 Å². The van der Waals surface area contributed by atoms with Crippen LogP contribution in [0.3, 0.4) is 0 Å². The van der Waals surface area contributed by atoms with Crippen molar-refractivity contribution in [2.75, 3.05) is 14.1 Å². The molecule has 13 nitrogen and oxygen atoms in total. The fraction of sp³-hybridized carbons (Fsp3) is 0.314. The number of aryl methyl sites for hydroxylation is 1. The molecule has 0 N–H and O–H groups in total. The molecular formula is C51H53N7O6S. The second-order valence-corrected chi connectivity index (χ2v) is 17.1. The summed E-state index contributed by atoms with van der Waals surface area (Å²) < 4.78 is 1.65. The summed E-state index contributed by atoms with van der Waals surface area (Å²) in [6.07, 6.45) is 7.25. The van der Waals surface area contributed by atoms with Crippen LogP contribution in [0.15, 0.2) is 134 Å². The van der Waals surface area contributed by atoms with Crippen LogP contribution in [0, 0.1) is 36.5 Å². The molecule has 0 bridgehead atoms. The molecule has 334 valence electrons. The SMILES string of the molecule is C=C1CC(=C(C#N)C#N)N(C)C1=O.C=C1CC(=S)N(C)C1=O.C=C1CC2=C(C)CC(C)=C2C1=O.C=C1CC2=C(C1=O)C(C)=C(C)C2.C=C1CC=NC1=O.C=C1Cc2nc(C)c(C)n2C1=O. The number of hydrogen-bond donors (Lipinski definition) is 0. The van der Waals surface area contributed by atoms with Crippen molar-refractivity contribution in [2.45, 2.75) is 92.9 Å². The predicted molar refractivity (Wildman–Crippen MR) is 254 cm³/mol. The molecule has 0 atom stereocenters. The van der Waals surface area contributed by atoms with E-state index in [-0.39, 0.29) is 40.8 Å². The van der Waals surface area contributed by atoms with Crippen molar-refractivity contribution < 1.29 is 28.8 Å². The number of likely N-dealkylation sites (N-methyl/N-ethyl adjacent to an activating group) is 2. The van der Waals surface area contributed by atoms with Crippen molar-refractivity contribution in [3.63, 3.8) is 0 Å². The van der Waals surface area contributed by atoms with Crippen LogP contribution in [0.5, 0.6) is 0 Å². The van der Waals surface area contributed by atoms with E-state index in [9.17, 15) is 28.8 Å². The Kier molecular flexibility index (Phi) is 15.9. The van der Waals surface area contributed by atoms with Crippen molar-refractivity contribution >= 4 is 58.6 Å². The summed E-state index contributed by atoms with van der Waals surface area (Å²) in [6, 6.07) is 3.50. The number of carbonyl (C=O) groups is 6. The van der Waals surface area contributed by atoms with Crippen molar-refractivity contribution in [1.82, 2.24) is 19.4 Å². The van der Waals surface area contributed by atoms with Gasteiger partial charge < -0.3 is 9.80 Å². The smallest absolute Gasteiger partial charge is 0.272 e. The molecule has 9 rings (SSSR count). The first kappa shape index (κ1) is 50.4. The van der Waals surface area contributed by atoms with Gasteiger partial charge >= 0.3 is 0 Å². The minimum atomic E-state index is -0.224. The Bertz CT molecular complexity index is 2780. The van der Waals surface area contributed by atoms with Gasteiger partial charge in [0.05, 0.1) is 16.4 Å². The zero-order valence-electron chi connectivity index (χ0n) is 38.5. The lowest BCUT2D eigenvalue weighted by atomic mass is 10.0. The van der Waals surface area contributed by atoms with E-state index in [2.05, 4.69) is 63.3 Å². The third kappa shape index (κ3) is 10.6. The lowest BCUT2D eigenvalue weighted by Gasteiger charge is -2.08. The Hall–Kier alpha value is -7.29. The highest BCUT2D eigenvalue weighted by atomic mass is 32.1. The van der Waals surface area contributed by atoms with Gasteiger partial charge in [0.2, 0.25) is 0 Å². The van der Waals surface area contributed by atoms with Gasteiger partial charge in [-0.15, -0.1) is 0 Å². The molecule has 4 aliphatic carbocycles. The van der Waals surface area contributed by atoms with Crippen LogP contribution in [0.25, 0.3) is 0 Å². The molecular weight excluding hydrogens is 839 g/mol. The number of fused-ring (bicyclic) bond motifs is 2. The molecule has 4 aliphatic heterocycles. The topological polar surface area (TPSA) is 187 Å². The van der Waals surface area contributed by atoms with Gasteiger partial charge in [-0.25, -0.2) is 9.98 Å². The number of thiocarbonyl (C=S) groups is 1. The van der Waals surface area contributed by atoms with E-state index in [0.29, 0.717) is 58.7 Å². The summed E-state index contributed by atoms with van der Waals surface area (Å²) in [5, 5.41) is 17.2. The largest absolute Gasteiger partial charge is 0.313 e. The summed E-state index contributed by atoms with van der Waals surface area (Å²) in [7, 11) is 3.20. The Morgan fingerprint density at radius 1 is 0.631 bits per heavy atom. The maximum absolute atomic E-state index is 11.6. The maximum Gasteiger partial charge on any atom is 0.272 e. The van der Waals surface area contributed by atoms with Crippen molar-refractivity contribution in [3.05, 3.63) is 146 Å². The van der Waals surface area contributed by atoms with Crippen LogP contribution < -0.4 is 0 Å². The molecule has 14 heteroatoms. The first-order valence-electron chi connectivity index (χ1n) is 20.6. The number of rotatable bonds is 0. The maximum atomic E-state index is 11.6. The molecule has 0 spiro atoms. The van der Waals surface area contributed by atoms with Gasteiger partial charge in [0.25, 0.3) is 23.6 Å². The number of imidazole rings is 1. The highest BCUT2D eigenvalue weighted by Gasteiger charge is 2.34. The normalized spacial score (nSPS) is 19.2. The van der Waals surface area contributed by atoms with Crippen molar-refractivity contribution in [2.24, 2.45) is 4.99 Å². The lowest BCUT2D eigenvalue weighted by molar-refractivity contribution is -0.123. The molecule has 0 radical (unpaired) electrons. The van der Waals surface area contributed by atoms with Crippen LogP contribution >= 0.6 is 12.2 Å². The Labute approximate surface area is 386 Å². The molecule has 5 heterocycles. The van der Waals surface area contributed by atoms with Gasteiger partial charge in [-0.3, -0.25) is 33.3 Å². The number of likely N-dealkylation sites (tertiary alicyclic amines) is 2. The molecule has 1 aromatic heterocycles. The number of Topliss-reactive ketones (excluding diaryl/α,β-unsaturated/α-hetero) is 2. The van der Waals surface area contributed by atoms with E-state index in [0.717, 1.165) is 65.2 Å². The van der Waals surface area contributed by atoms with E-state index >= 15 is 0 Å². The minimum absolute atomic E-state index is 0.00287. The lowest BCUT2D eigenvalue weighted by Crippen LogP contribution is -2.22. The fourth-order valence-electron chi connectivity index (χ4n) is 7.92. The number of nitriles is 2. The van der Waals surface area contributed by atoms with Crippen LogP contribution in [0.2, 0.25) is 0 Å². The number of carbonyl (C=O) groups excluding carboxylic acids is 6. The molecule has 2 saturated heterocycles. The molecule has 8 aliphatic rings. The summed E-state index contributed by atoms with van der Waals surface area (Å²) in [4.78, 5) is 78.1. The zero-order valence-corrected chi connectivity index (χ0v) is 39.3. The van der Waals surface area contributed by atoms with Crippen molar-refractivity contribution in [1.29, 1.82) is 10.5 Å². The van der Waals surface area contributed by atoms with E-state index in [4.69, 9.17) is 22.7 Å². The Morgan fingerprint density at radius 3 is 1.60 bits per heavy atom. The van der Waals surface area contributed by atoms with E-state index in [1.807, 2.05) is 27.7 Å². The third-order valence-electron chi connectivity index (χ3n) is 11.9. The second kappa shape index (κ2) is 20.5. The number of ketones is 2. The van der Waals surface area contributed by atoms with Gasteiger partial charge in [0.1, 0.15) is 23.5 Å². The molecule has 1 aromatic rings. The molecule has 0 aromatic carbocycles. The summed E-state index contributed by atoms with van der Waals surface area (Å²) in [5.41, 5.74) is 15.7. The number of aromatic nitrogens is 2. The van der Waals surface area contributed by atoms with Gasteiger partial charge in [0, 0.05) is 91.5 Å². The first-order valence-corrected chi connectivity index (χ1v) is 21.0. The van der Waals surface area contributed by atoms with Crippen molar-refractivity contribution in [3.8, 4) is 12.1 Å². The first-order chi connectivity index (χ1) is 30.4. The highest BCUT2D eigenvalue weighted by Crippen LogP contribution is 2.43. The number of hydrogen-bond acceptors (Lipinski definition) is 10. The van der Waals surface area contributed by atoms with E-state index in [1.54, 1.807) is 30.0 Å². The van der Waals surface area contributed by atoms with Crippen LogP contribution in [0.4, 0.5) is 0 Å². The predicted octanol–water partition coefficient (Wildman–Crippen LogP) is 8.34. The highest BCUT2D eigenvalue weighted by molar-refractivity contribution is 7.80. The minimum Gasteiger partial charge on any atom is -0.313 e. The summed E-state index contributed by atoms with van der Waals surface area (Å²) in [6.45, 7) is 33.9. The zero-order chi connectivity index (χ0) is 48.9. The molecule has 65 heavy (non-hydrogen) atoms. The van der Waals surface area contributed by atoms with Crippen LogP contribution in [-0.2, 0) is 30.4 Å². The van der Waals surface area contributed by atoms with Crippen LogP contribution in [-0.4, -0.2) is 79.8 Å². The van der Waals surface area contributed by atoms with E-state index < -0.39 is 0 Å². The van der Waals surface area contributed by atoms with Gasteiger partial charge in [0.15, 0.2) is 11.6 Å². The molecule has 3 amide bonds. The second-order valence-electron chi connectivity index (χ2n) is 16.6. The average molecular weight is 892 g/mol. The number of nitrogens with zero attached hydrogens (tertiary/aromatic N) is 7. The monoisotopic (exact) mass is 891 g/mol. The van der Waals surface area contributed by atoms with Gasteiger partial charge in [-0.1, -0.05) is 74.0 Å². The van der Waals surface area contributed by atoms with Crippen LogP contribution in [0.1, 0.15) is 94.6 Å². The fourth-order valence-corrected chi connectivity index (χ4v) is 8.18. The summed E-state index contributed by atoms with van der Waals surface area (Å²) >= 11 is 4.84.